The summed E-state index contributed by atoms with van der Waals surface area (Å²) in [6, 6.07) is 28.8. The van der Waals surface area contributed by atoms with Crippen molar-refractivity contribution in [3.8, 4) is 33.8 Å². The van der Waals surface area contributed by atoms with Crippen LogP contribution >= 0.6 is 0 Å². The second kappa shape index (κ2) is 11.8. The van der Waals surface area contributed by atoms with Crippen LogP contribution in [0.4, 0.5) is 0 Å². The number of rotatable bonds is 10. The largest absolute Gasteiger partial charge is 0.507 e. The number of phenolic OH excluding ortho intramolecular Hbond substituents is 2. The van der Waals surface area contributed by atoms with Crippen LogP contribution in [0.25, 0.3) is 22.3 Å². The highest BCUT2D eigenvalue weighted by atomic mass is 16.3. The minimum absolute atomic E-state index is 0.389. The van der Waals surface area contributed by atoms with Crippen LogP contribution in [-0.4, -0.2) is 10.2 Å². The lowest BCUT2D eigenvalue weighted by Crippen LogP contribution is -1.92. The molecule has 0 fully saturated rings. The molecule has 0 aliphatic rings. The summed E-state index contributed by atoms with van der Waals surface area (Å²) in [5.74, 6) is 0.777. The summed E-state index contributed by atoms with van der Waals surface area (Å²) in [5, 5.41) is 21.1. The molecule has 4 rings (SSSR count). The van der Waals surface area contributed by atoms with Crippen LogP contribution in [-0.2, 0) is 12.8 Å². The summed E-state index contributed by atoms with van der Waals surface area (Å²) in [6.45, 7) is 3.97. The van der Waals surface area contributed by atoms with E-state index in [0.717, 1.165) is 59.1 Å². The maximum absolute atomic E-state index is 10.5. The van der Waals surface area contributed by atoms with Gasteiger partial charge in [-0.25, -0.2) is 0 Å². The van der Waals surface area contributed by atoms with Gasteiger partial charge in [0.2, 0.25) is 0 Å². The summed E-state index contributed by atoms with van der Waals surface area (Å²) >= 11 is 0. The molecule has 0 unspecified atom stereocenters. The van der Waals surface area contributed by atoms with E-state index < -0.39 is 0 Å². The first kappa shape index (κ1) is 24.6. The molecule has 0 saturated carbocycles. The molecule has 0 aliphatic heterocycles. The highest BCUT2D eigenvalue weighted by Gasteiger charge is 2.10. The maximum Gasteiger partial charge on any atom is 0.126 e. The molecule has 0 saturated heterocycles. The van der Waals surface area contributed by atoms with E-state index in [4.69, 9.17) is 0 Å². The molecule has 2 N–H and O–H groups in total. The lowest BCUT2D eigenvalue weighted by molar-refractivity contribution is 0.472. The highest BCUT2D eigenvalue weighted by Crippen LogP contribution is 2.35. The van der Waals surface area contributed by atoms with Gasteiger partial charge in [-0.1, -0.05) is 92.1 Å². The van der Waals surface area contributed by atoms with Gasteiger partial charge in [-0.15, -0.1) is 0 Å². The van der Waals surface area contributed by atoms with Gasteiger partial charge in [-0.2, -0.15) is 0 Å². The second-order valence-corrected chi connectivity index (χ2v) is 9.62. The van der Waals surface area contributed by atoms with Crippen molar-refractivity contribution in [3.63, 3.8) is 0 Å². The zero-order valence-electron chi connectivity index (χ0n) is 20.9. The van der Waals surface area contributed by atoms with Crippen LogP contribution in [0.15, 0.2) is 84.9 Å². The molecule has 0 atom stereocenters. The van der Waals surface area contributed by atoms with Gasteiger partial charge < -0.3 is 10.2 Å². The number of benzene rings is 4. The first-order valence-corrected chi connectivity index (χ1v) is 12.8. The topological polar surface area (TPSA) is 40.5 Å². The molecule has 35 heavy (non-hydrogen) atoms. The van der Waals surface area contributed by atoms with E-state index in [9.17, 15) is 10.2 Å². The molecule has 2 nitrogen and oxygen atoms in total. The molecule has 4 aromatic carbocycles. The molecular formula is C33H36O2. The number of aromatic hydroxyl groups is 2. The van der Waals surface area contributed by atoms with Gasteiger partial charge in [0, 0.05) is 11.1 Å². The van der Waals surface area contributed by atoms with Gasteiger partial charge >= 0.3 is 0 Å². The van der Waals surface area contributed by atoms with Crippen molar-refractivity contribution in [2.24, 2.45) is 0 Å². The SMILES string of the molecule is Cc1cc(CCCCCCCc2cc(C)c(O)c(-c3ccccc3)c2)cc(-c2ccccc2)c1O. The number of unbranched alkanes of at least 4 members (excludes halogenated alkanes) is 4. The number of hydrogen-bond donors (Lipinski definition) is 2. The molecule has 0 bridgehead atoms. The first-order chi connectivity index (χ1) is 17.0. The molecule has 0 amide bonds. The zero-order chi connectivity index (χ0) is 24.6. The fourth-order valence-electron chi connectivity index (χ4n) is 4.86. The van der Waals surface area contributed by atoms with Crippen molar-refractivity contribution in [1.29, 1.82) is 0 Å². The Kier molecular flexibility index (Phi) is 8.26. The Bertz CT molecular complexity index is 1140. The van der Waals surface area contributed by atoms with Crippen LogP contribution in [0, 0.1) is 13.8 Å². The van der Waals surface area contributed by atoms with E-state index in [0.29, 0.717) is 11.5 Å². The monoisotopic (exact) mass is 464 g/mol. The molecule has 0 aliphatic carbocycles. The lowest BCUT2D eigenvalue weighted by Gasteiger charge is -2.12. The normalized spacial score (nSPS) is 11.0. The van der Waals surface area contributed by atoms with Crippen molar-refractivity contribution >= 4 is 0 Å². The Morgan fingerprint density at radius 3 is 1.26 bits per heavy atom. The van der Waals surface area contributed by atoms with E-state index in [1.807, 2.05) is 50.2 Å². The predicted octanol–water partition coefficient (Wildman–Crippen LogP) is 8.78. The minimum atomic E-state index is 0.389. The van der Waals surface area contributed by atoms with Crippen LogP contribution in [0.3, 0.4) is 0 Å². The van der Waals surface area contributed by atoms with E-state index >= 15 is 0 Å². The molecule has 0 heterocycles. The van der Waals surface area contributed by atoms with Gasteiger partial charge in [-0.05, 0) is 85.0 Å². The first-order valence-electron chi connectivity index (χ1n) is 12.8. The Hall–Kier alpha value is -3.52. The summed E-state index contributed by atoms with van der Waals surface area (Å²) in [7, 11) is 0. The minimum Gasteiger partial charge on any atom is -0.507 e. The van der Waals surface area contributed by atoms with Crippen LogP contribution in [0.2, 0.25) is 0 Å². The zero-order valence-corrected chi connectivity index (χ0v) is 20.9. The van der Waals surface area contributed by atoms with Crippen molar-refractivity contribution in [2.75, 3.05) is 0 Å². The summed E-state index contributed by atoms with van der Waals surface area (Å²) in [5.41, 5.74) is 8.48. The molecule has 0 aromatic heterocycles. The standard InChI is InChI=1S/C33H36O2/c1-24-20-26(22-30(32(24)34)28-16-10-6-11-17-28)14-8-4-3-5-9-15-27-21-25(2)33(35)31(23-27)29-18-12-7-13-19-29/h6-7,10-13,16-23,34-35H,3-5,8-9,14-15H2,1-2H3. The smallest absolute Gasteiger partial charge is 0.126 e. The summed E-state index contributed by atoms with van der Waals surface area (Å²) < 4.78 is 0. The molecule has 4 aromatic rings. The van der Waals surface area contributed by atoms with Crippen molar-refractivity contribution in [2.45, 2.75) is 58.8 Å². The van der Waals surface area contributed by atoms with Gasteiger partial charge in [-0.3, -0.25) is 0 Å². The fourth-order valence-corrected chi connectivity index (χ4v) is 4.86. The highest BCUT2D eigenvalue weighted by molar-refractivity contribution is 5.73. The fraction of sp³-hybridized carbons (Fsp3) is 0.273. The van der Waals surface area contributed by atoms with Crippen LogP contribution in [0.1, 0.15) is 54.4 Å². The number of hydrogen-bond acceptors (Lipinski definition) is 2. The average Bonchev–Trinajstić information content (AvgIpc) is 2.88. The van der Waals surface area contributed by atoms with Crippen molar-refractivity contribution < 1.29 is 10.2 Å². The molecule has 0 radical (unpaired) electrons. The van der Waals surface area contributed by atoms with Crippen molar-refractivity contribution in [3.05, 3.63) is 107 Å². The van der Waals surface area contributed by atoms with Gasteiger partial charge in [0.1, 0.15) is 11.5 Å². The third kappa shape index (κ3) is 6.33. The van der Waals surface area contributed by atoms with Crippen molar-refractivity contribution in [1.82, 2.24) is 0 Å². The summed E-state index contributed by atoms with van der Waals surface area (Å²) in [6.07, 6.45) is 8.06. The third-order valence-corrected chi connectivity index (χ3v) is 6.82. The molecular weight excluding hydrogens is 428 g/mol. The summed E-state index contributed by atoms with van der Waals surface area (Å²) in [4.78, 5) is 0. The average molecular weight is 465 g/mol. The number of phenols is 2. The van der Waals surface area contributed by atoms with E-state index in [1.54, 1.807) is 0 Å². The molecule has 180 valence electrons. The second-order valence-electron chi connectivity index (χ2n) is 9.62. The van der Waals surface area contributed by atoms with Crippen LogP contribution in [0.5, 0.6) is 11.5 Å². The van der Waals surface area contributed by atoms with E-state index in [-0.39, 0.29) is 0 Å². The predicted molar refractivity (Wildman–Crippen MR) is 147 cm³/mol. The lowest BCUT2D eigenvalue weighted by atomic mass is 9.95. The van der Waals surface area contributed by atoms with Gasteiger partial charge in [0.15, 0.2) is 0 Å². The van der Waals surface area contributed by atoms with E-state index in [2.05, 4.69) is 48.5 Å². The van der Waals surface area contributed by atoms with E-state index in [1.165, 1.54) is 30.4 Å². The Labute approximate surface area is 209 Å². The van der Waals surface area contributed by atoms with Crippen LogP contribution < -0.4 is 0 Å². The Balaban J connectivity index is 1.25. The maximum atomic E-state index is 10.5. The van der Waals surface area contributed by atoms with Gasteiger partial charge in [0.05, 0.1) is 0 Å². The Morgan fingerprint density at radius 2 is 0.857 bits per heavy atom. The molecule has 2 heteroatoms. The Morgan fingerprint density at radius 1 is 0.486 bits per heavy atom. The third-order valence-electron chi connectivity index (χ3n) is 6.82. The number of aryl methyl sites for hydroxylation is 4. The van der Waals surface area contributed by atoms with Gasteiger partial charge in [0.25, 0.3) is 0 Å². The molecule has 0 spiro atoms. The quantitative estimate of drug-likeness (QED) is 0.230.